The molecule has 0 spiro atoms. The fraction of sp³-hybridized carbons (Fsp3) is 0.118. The SMILES string of the molecule is C=CC[n+]1ccoc1.Cc1ccc2ccccc2c1.[I-]. The quantitative estimate of drug-likeness (QED) is 0.368. The van der Waals surface area contributed by atoms with Gasteiger partial charge in [-0.15, -0.1) is 0 Å². The lowest BCUT2D eigenvalue weighted by molar-refractivity contribution is -0.689. The molecule has 104 valence electrons. The van der Waals surface area contributed by atoms with Gasteiger partial charge >= 0.3 is 6.39 Å². The Balaban J connectivity index is 0.000000200. The summed E-state index contributed by atoms with van der Waals surface area (Å²) in [6.07, 6.45) is 6.93. The van der Waals surface area contributed by atoms with Gasteiger partial charge in [0, 0.05) is 0 Å². The van der Waals surface area contributed by atoms with Gasteiger partial charge < -0.3 is 28.4 Å². The van der Waals surface area contributed by atoms with Crippen molar-refractivity contribution in [3.8, 4) is 0 Å². The molecule has 3 rings (SSSR count). The van der Waals surface area contributed by atoms with E-state index in [1.165, 1.54) is 16.3 Å². The predicted octanol–water partition coefficient (Wildman–Crippen LogP) is 0.905. The molecule has 2 aromatic carbocycles. The molecule has 0 unspecified atom stereocenters. The molecule has 0 atom stereocenters. The van der Waals surface area contributed by atoms with E-state index in [0.29, 0.717) is 0 Å². The number of oxazole rings is 1. The van der Waals surface area contributed by atoms with Crippen molar-refractivity contribution in [2.45, 2.75) is 13.5 Å². The number of halogens is 1. The Morgan fingerprint density at radius 2 is 1.90 bits per heavy atom. The maximum atomic E-state index is 4.78. The fourth-order valence-electron chi connectivity index (χ4n) is 1.82. The van der Waals surface area contributed by atoms with Crippen LogP contribution >= 0.6 is 0 Å². The van der Waals surface area contributed by atoms with Crippen molar-refractivity contribution in [1.82, 2.24) is 0 Å². The van der Waals surface area contributed by atoms with Gasteiger partial charge in [-0.25, -0.2) is 0 Å². The Labute approximate surface area is 136 Å². The van der Waals surface area contributed by atoms with Crippen LogP contribution in [-0.2, 0) is 6.54 Å². The monoisotopic (exact) mass is 379 g/mol. The summed E-state index contributed by atoms with van der Waals surface area (Å²) < 4.78 is 6.68. The lowest BCUT2D eigenvalue weighted by Gasteiger charge is -1.96. The van der Waals surface area contributed by atoms with E-state index in [4.69, 9.17) is 4.42 Å². The largest absolute Gasteiger partial charge is 1.00 e. The molecule has 0 bridgehead atoms. The molecule has 2 nitrogen and oxygen atoms in total. The standard InChI is InChI=1S/C11H10.C6H8NO.HI/c1-9-6-7-10-4-2-3-5-11(10)8-9;1-2-3-7-4-5-8-6-7;/h2-8H,1H3;2,4-6H,1,3H2;1H/q;+1;/p-1. The fourth-order valence-corrected chi connectivity index (χ4v) is 1.82. The number of hydrogen-bond donors (Lipinski definition) is 0. The number of aromatic nitrogens is 1. The molecule has 0 fully saturated rings. The first-order chi connectivity index (χ1) is 9.29. The average molecular weight is 379 g/mol. The summed E-state index contributed by atoms with van der Waals surface area (Å²) in [6, 6.07) is 14.9. The predicted molar refractivity (Wildman–Crippen MR) is 77.8 cm³/mol. The maximum absolute atomic E-state index is 4.78. The van der Waals surface area contributed by atoms with Crippen LogP contribution in [0.4, 0.5) is 0 Å². The summed E-state index contributed by atoms with van der Waals surface area (Å²) in [6.45, 7) is 6.51. The van der Waals surface area contributed by atoms with Crippen molar-refractivity contribution < 1.29 is 33.0 Å². The second-order valence-electron chi connectivity index (χ2n) is 4.36. The highest BCUT2D eigenvalue weighted by molar-refractivity contribution is 5.82. The van der Waals surface area contributed by atoms with E-state index in [0.717, 1.165) is 6.54 Å². The van der Waals surface area contributed by atoms with E-state index in [-0.39, 0.29) is 24.0 Å². The van der Waals surface area contributed by atoms with Gasteiger partial charge in [-0.05, 0) is 23.8 Å². The van der Waals surface area contributed by atoms with Gasteiger partial charge in [0.25, 0.3) is 0 Å². The van der Waals surface area contributed by atoms with E-state index in [2.05, 4.69) is 56.0 Å². The third-order valence-electron chi connectivity index (χ3n) is 2.77. The van der Waals surface area contributed by atoms with E-state index in [1.807, 2.05) is 16.8 Å². The Morgan fingerprint density at radius 3 is 2.55 bits per heavy atom. The summed E-state index contributed by atoms with van der Waals surface area (Å²) in [5, 5.41) is 2.64. The van der Waals surface area contributed by atoms with Crippen LogP contribution in [-0.4, -0.2) is 0 Å². The molecule has 0 aliphatic carbocycles. The second-order valence-corrected chi connectivity index (χ2v) is 4.36. The van der Waals surface area contributed by atoms with Crippen molar-refractivity contribution in [1.29, 1.82) is 0 Å². The highest BCUT2D eigenvalue weighted by Crippen LogP contribution is 2.14. The first-order valence-corrected chi connectivity index (χ1v) is 6.27. The number of aryl methyl sites for hydroxylation is 1. The number of rotatable bonds is 2. The summed E-state index contributed by atoms with van der Waals surface area (Å²) in [7, 11) is 0. The summed E-state index contributed by atoms with van der Waals surface area (Å²) in [5.74, 6) is 0. The molecule has 0 N–H and O–H groups in total. The van der Waals surface area contributed by atoms with E-state index < -0.39 is 0 Å². The molecule has 0 amide bonds. The molecular formula is C17H18INO. The Kier molecular flexibility index (Phi) is 7.01. The summed E-state index contributed by atoms with van der Waals surface area (Å²) in [5.41, 5.74) is 1.32. The third kappa shape index (κ3) is 4.81. The van der Waals surface area contributed by atoms with Gasteiger partial charge in [-0.2, -0.15) is 4.57 Å². The molecule has 0 aliphatic heterocycles. The van der Waals surface area contributed by atoms with Crippen LogP contribution in [0.1, 0.15) is 5.56 Å². The molecule has 1 aromatic heterocycles. The molecule has 0 aliphatic rings. The zero-order chi connectivity index (χ0) is 13.5. The van der Waals surface area contributed by atoms with Gasteiger partial charge in [0.1, 0.15) is 0 Å². The van der Waals surface area contributed by atoms with Crippen molar-refractivity contribution in [3.05, 3.63) is 79.5 Å². The molecular weight excluding hydrogens is 361 g/mol. The normalized spacial score (nSPS) is 9.25. The number of hydrogen-bond acceptors (Lipinski definition) is 1. The van der Waals surface area contributed by atoms with Crippen LogP contribution in [0.2, 0.25) is 0 Å². The van der Waals surface area contributed by atoms with Gasteiger partial charge in [0.15, 0.2) is 12.8 Å². The minimum Gasteiger partial charge on any atom is -1.00 e. The molecule has 1 heterocycles. The topological polar surface area (TPSA) is 17.0 Å². The zero-order valence-corrected chi connectivity index (χ0v) is 13.7. The highest BCUT2D eigenvalue weighted by Gasteiger charge is 1.92. The minimum absolute atomic E-state index is 0. The lowest BCUT2D eigenvalue weighted by Crippen LogP contribution is -3.00. The number of nitrogens with zero attached hydrogens (tertiary/aromatic N) is 1. The Bertz CT molecular complexity index is 647. The molecule has 0 radical (unpaired) electrons. The summed E-state index contributed by atoms with van der Waals surface area (Å²) in [4.78, 5) is 0. The number of allylic oxidation sites excluding steroid dienone is 1. The van der Waals surface area contributed by atoms with Gasteiger partial charge in [0.05, 0.1) is 0 Å². The van der Waals surface area contributed by atoms with Crippen LogP contribution in [0.5, 0.6) is 0 Å². The summed E-state index contributed by atoms with van der Waals surface area (Å²) >= 11 is 0. The van der Waals surface area contributed by atoms with Crippen LogP contribution in [0.25, 0.3) is 10.8 Å². The van der Waals surface area contributed by atoms with E-state index in [9.17, 15) is 0 Å². The average Bonchev–Trinajstić information content (AvgIpc) is 2.93. The van der Waals surface area contributed by atoms with Crippen molar-refractivity contribution >= 4 is 10.8 Å². The Hall–Kier alpha value is -1.62. The molecule has 20 heavy (non-hydrogen) atoms. The number of benzene rings is 2. The molecule has 0 saturated heterocycles. The van der Waals surface area contributed by atoms with Crippen molar-refractivity contribution in [2.75, 3.05) is 0 Å². The van der Waals surface area contributed by atoms with E-state index >= 15 is 0 Å². The Morgan fingerprint density at radius 1 is 1.15 bits per heavy atom. The molecule has 3 heteroatoms. The van der Waals surface area contributed by atoms with E-state index in [1.54, 1.807) is 12.7 Å². The van der Waals surface area contributed by atoms with Gasteiger partial charge in [-0.1, -0.05) is 54.6 Å². The maximum Gasteiger partial charge on any atom is 0.334 e. The molecule has 0 saturated carbocycles. The number of fused-ring (bicyclic) bond motifs is 1. The molecule has 3 aromatic rings. The van der Waals surface area contributed by atoms with Crippen LogP contribution in [0, 0.1) is 6.92 Å². The lowest BCUT2D eigenvalue weighted by atomic mass is 10.1. The zero-order valence-electron chi connectivity index (χ0n) is 11.5. The first kappa shape index (κ1) is 16.4. The highest BCUT2D eigenvalue weighted by atomic mass is 127. The van der Waals surface area contributed by atoms with Crippen LogP contribution in [0.15, 0.2) is 78.4 Å². The van der Waals surface area contributed by atoms with Crippen molar-refractivity contribution in [2.24, 2.45) is 0 Å². The van der Waals surface area contributed by atoms with Crippen LogP contribution in [0.3, 0.4) is 0 Å². The van der Waals surface area contributed by atoms with Crippen molar-refractivity contribution in [3.63, 3.8) is 0 Å². The van der Waals surface area contributed by atoms with Crippen LogP contribution < -0.4 is 28.5 Å². The second kappa shape index (κ2) is 8.53. The first-order valence-electron chi connectivity index (χ1n) is 6.27. The van der Waals surface area contributed by atoms with Gasteiger partial charge in [-0.3, -0.25) is 0 Å². The smallest absolute Gasteiger partial charge is 0.334 e. The third-order valence-corrected chi connectivity index (χ3v) is 2.77. The van der Waals surface area contributed by atoms with Gasteiger partial charge in [0.2, 0.25) is 6.20 Å². The minimum atomic E-state index is 0.